The number of benzene rings is 1. The first-order valence-corrected chi connectivity index (χ1v) is 6.91. The molecule has 1 aromatic rings. The summed E-state index contributed by atoms with van der Waals surface area (Å²) in [7, 11) is 1.57. The summed E-state index contributed by atoms with van der Waals surface area (Å²) in [5.41, 5.74) is 7.94. The molecule has 1 atom stereocenters. The zero-order valence-electron chi connectivity index (χ0n) is 12.7. The van der Waals surface area contributed by atoms with E-state index in [0.717, 1.165) is 11.1 Å². The Labute approximate surface area is 128 Å². The molecule has 0 aliphatic heterocycles. The normalized spacial score (nSPS) is 11.6. The van der Waals surface area contributed by atoms with Gasteiger partial charge in [-0.25, -0.2) is 0 Å². The maximum Gasteiger partial charge on any atom is 0.303 e. The molecule has 1 aromatic carbocycles. The molecule has 0 bridgehead atoms. The predicted octanol–water partition coefficient (Wildman–Crippen LogP) is 0.414. The van der Waals surface area contributed by atoms with Crippen LogP contribution in [0.1, 0.15) is 24.0 Å². The minimum absolute atomic E-state index is 0.0783. The number of carbonyl (C=O) groups excluding carboxylic acids is 2. The third-order valence-corrected chi connectivity index (χ3v) is 3.25. The first-order valence-electron chi connectivity index (χ1n) is 6.91. The number of rotatable bonds is 7. The number of aliphatic carboxylic acids is 1. The van der Waals surface area contributed by atoms with Crippen LogP contribution in [-0.2, 0) is 20.8 Å². The quantitative estimate of drug-likeness (QED) is 0.581. The van der Waals surface area contributed by atoms with Gasteiger partial charge >= 0.3 is 5.97 Å². The van der Waals surface area contributed by atoms with Crippen LogP contribution in [0.3, 0.4) is 0 Å². The highest BCUT2D eigenvalue weighted by atomic mass is 16.4. The van der Waals surface area contributed by atoms with E-state index in [-0.39, 0.29) is 25.2 Å². The fraction of sp³-hybridized carbons (Fsp3) is 0.400. The van der Waals surface area contributed by atoms with Crippen LogP contribution >= 0.6 is 0 Å². The number of carboxylic acids is 1. The van der Waals surface area contributed by atoms with Crippen molar-refractivity contribution in [2.24, 2.45) is 5.73 Å². The van der Waals surface area contributed by atoms with Crippen LogP contribution in [0.5, 0.6) is 0 Å². The summed E-state index contributed by atoms with van der Waals surface area (Å²) in [5.74, 6) is -1.51. The van der Waals surface area contributed by atoms with E-state index in [1.54, 1.807) is 25.2 Å². The minimum Gasteiger partial charge on any atom is -0.481 e. The van der Waals surface area contributed by atoms with Crippen molar-refractivity contribution in [2.75, 3.05) is 12.4 Å². The number of anilines is 1. The molecule has 0 heterocycles. The number of carboxylic acid groups (broad SMARTS) is 1. The number of nitrogens with two attached hydrogens (primary N) is 1. The Morgan fingerprint density at radius 1 is 1.32 bits per heavy atom. The van der Waals surface area contributed by atoms with Gasteiger partial charge in [0.2, 0.25) is 11.8 Å². The molecule has 120 valence electrons. The van der Waals surface area contributed by atoms with Crippen LogP contribution in [0, 0.1) is 6.92 Å². The molecular weight excluding hydrogens is 286 g/mol. The molecule has 2 amide bonds. The Balaban J connectivity index is 2.66. The Bertz CT molecular complexity index is 572. The lowest BCUT2D eigenvalue weighted by Gasteiger charge is -2.13. The summed E-state index contributed by atoms with van der Waals surface area (Å²) >= 11 is 0. The van der Waals surface area contributed by atoms with Gasteiger partial charge in [0.1, 0.15) is 0 Å². The highest BCUT2D eigenvalue weighted by molar-refractivity contribution is 5.95. The first kappa shape index (κ1) is 17.6. The van der Waals surface area contributed by atoms with Crippen molar-refractivity contribution in [3.8, 4) is 0 Å². The Morgan fingerprint density at radius 2 is 2.00 bits per heavy atom. The summed E-state index contributed by atoms with van der Waals surface area (Å²) in [6.07, 6.45) is 0.197. The number of hydrogen-bond acceptors (Lipinski definition) is 4. The highest BCUT2D eigenvalue weighted by Gasteiger charge is 2.15. The molecule has 0 aliphatic carbocycles. The lowest BCUT2D eigenvalue weighted by molar-refractivity contribution is -0.137. The summed E-state index contributed by atoms with van der Waals surface area (Å²) in [6, 6.07) is 4.33. The summed E-state index contributed by atoms with van der Waals surface area (Å²) in [5, 5.41) is 13.8. The fourth-order valence-electron chi connectivity index (χ4n) is 1.88. The number of nitrogens with one attached hydrogen (secondary N) is 2. The van der Waals surface area contributed by atoms with Crippen molar-refractivity contribution in [1.29, 1.82) is 0 Å². The molecule has 22 heavy (non-hydrogen) atoms. The molecule has 0 aliphatic rings. The van der Waals surface area contributed by atoms with Gasteiger partial charge in [0.05, 0.1) is 12.5 Å². The van der Waals surface area contributed by atoms with Crippen LogP contribution in [-0.4, -0.2) is 36.0 Å². The van der Waals surface area contributed by atoms with Crippen molar-refractivity contribution in [1.82, 2.24) is 5.32 Å². The maximum atomic E-state index is 11.9. The van der Waals surface area contributed by atoms with Crippen molar-refractivity contribution in [3.63, 3.8) is 0 Å². The van der Waals surface area contributed by atoms with Gasteiger partial charge in [0, 0.05) is 19.2 Å². The molecule has 7 heteroatoms. The number of hydrogen-bond donors (Lipinski definition) is 4. The Kier molecular flexibility index (Phi) is 6.52. The van der Waals surface area contributed by atoms with Gasteiger partial charge in [-0.15, -0.1) is 0 Å². The average molecular weight is 307 g/mol. The van der Waals surface area contributed by atoms with Gasteiger partial charge in [-0.3, -0.25) is 14.4 Å². The molecule has 0 saturated heterocycles. The minimum atomic E-state index is -0.988. The molecule has 5 N–H and O–H groups in total. The number of likely N-dealkylation sites (N-methyl/N-ethyl adjacent to an activating group) is 1. The maximum absolute atomic E-state index is 11.9. The van der Waals surface area contributed by atoms with Crippen molar-refractivity contribution >= 4 is 23.5 Å². The van der Waals surface area contributed by atoms with Crippen LogP contribution < -0.4 is 16.4 Å². The monoisotopic (exact) mass is 307 g/mol. The summed E-state index contributed by atoms with van der Waals surface area (Å²) < 4.78 is 0. The van der Waals surface area contributed by atoms with E-state index in [4.69, 9.17) is 10.8 Å². The largest absolute Gasteiger partial charge is 0.481 e. The molecule has 0 saturated carbocycles. The first-order chi connectivity index (χ1) is 10.3. The molecule has 7 nitrogen and oxygen atoms in total. The molecule has 0 spiro atoms. The molecule has 0 fully saturated rings. The van der Waals surface area contributed by atoms with Crippen LogP contribution in [0.15, 0.2) is 18.2 Å². The zero-order valence-corrected chi connectivity index (χ0v) is 12.7. The zero-order chi connectivity index (χ0) is 16.7. The van der Waals surface area contributed by atoms with Gasteiger partial charge in [0.25, 0.3) is 0 Å². The molecule has 0 aromatic heterocycles. The second kappa shape index (κ2) is 8.14. The molecular formula is C15H21N3O4. The lowest BCUT2D eigenvalue weighted by atomic mass is 10.0. The Hall–Kier alpha value is -2.41. The summed E-state index contributed by atoms with van der Waals surface area (Å²) in [4.78, 5) is 33.7. The van der Waals surface area contributed by atoms with E-state index in [2.05, 4.69) is 10.6 Å². The van der Waals surface area contributed by atoms with E-state index in [9.17, 15) is 14.4 Å². The molecule has 1 rings (SSSR count). The van der Waals surface area contributed by atoms with Gasteiger partial charge in [0.15, 0.2) is 0 Å². The average Bonchev–Trinajstić information content (AvgIpc) is 2.47. The van der Waals surface area contributed by atoms with Crippen molar-refractivity contribution in [3.05, 3.63) is 29.3 Å². The van der Waals surface area contributed by atoms with Crippen LogP contribution in [0.25, 0.3) is 0 Å². The third-order valence-electron chi connectivity index (χ3n) is 3.25. The van der Waals surface area contributed by atoms with Crippen molar-refractivity contribution in [2.45, 2.75) is 32.2 Å². The number of amides is 2. The third kappa shape index (κ3) is 5.53. The number of aryl methyl sites for hydroxylation is 1. The second-order valence-electron chi connectivity index (χ2n) is 5.02. The van der Waals surface area contributed by atoms with Gasteiger partial charge in [-0.2, -0.15) is 0 Å². The van der Waals surface area contributed by atoms with Crippen LogP contribution in [0.4, 0.5) is 5.69 Å². The van der Waals surface area contributed by atoms with E-state index < -0.39 is 17.9 Å². The van der Waals surface area contributed by atoms with E-state index in [0.29, 0.717) is 5.69 Å². The Morgan fingerprint density at radius 3 is 2.55 bits per heavy atom. The molecule has 0 radical (unpaired) electrons. The SMILES string of the molecule is CNC(=O)Cc1ccc(NC(=O)[C@@H](N)CCC(=O)O)cc1C. The standard InChI is InChI=1S/C15H21N3O4/c1-9-7-11(4-3-10(9)8-13(19)17-2)18-15(22)12(16)5-6-14(20)21/h3-4,7,12H,5-6,8,16H2,1-2H3,(H,17,19)(H,18,22)(H,20,21)/t12-/m0/s1. The van der Waals surface area contributed by atoms with Gasteiger partial charge < -0.3 is 21.5 Å². The highest BCUT2D eigenvalue weighted by Crippen LogP contribution is 2.16. The predicted molar refractivity (Wildman–Crippen MR) is 82.4 cm³/mol. The lowest BCUT2D eigenvalue weighted by Crippen LogP contribution is -2.36. The summed E-state index contributed by atoms with van der Waals surface area (Å²) in [6.45, 7) is 1.85. The topological polar surface area (TPSA) is 122 Å². The van der Waals surface area contributed by atoms with Gasteiger partial charge in [-0.05, 0) is 36.6 Å². The smallest absolute Gasteiger partial charge is 0.303 e. The van der Waals surface area contributed by atoms with Crippen molar-refractivity contribution < 1.29 is 19.5 Å². The van der Waals surface area contributed by atoms with E-state index in [1.807, 2.05) is 6.92 Å². The van der Waals surface area contributed by atoms with E-state index >= 15 is 0 Å². The van der Waals surface area contributed by atoms with E-state index in [1.165, 1.54) is 0 Å². The second-order valence-corrected chi connectivity index (χ2v) is 5.02. The van der Waals surface area contributed by atoms with Gasteiger partial charge in [-0.1, -0.05) is 6.07 Å². The van der Waals surface area contributed by atoms with Crippen LogP contribution in [0.2, 0.25) is 0 Å². The fourth-order valence-corrected chi connectivity index (χ4v) is 1.88. The molecule has 0 unspecified atom stereocenters. The number of carbonyl (C=O) groups is 3.